The SMILES string of the molecule is CCc1nn(Cc2cccc(Cl)c2)c(CC)c1CCN. The van der Waals surface area contributed by atoms with Gasteiger partial charge >= 0.3 is 0 Å². The van der Waals surface area contributed by atoms with E-state index in [0.29, 0.717) is 6.54 Å². The lowest BCUT2D eigenvalue weighted by molar-refractivity contribution is 0.639. The third-order valence-electron chi connectivity index (χ3n) is 3.54. The van der Waals surface area contributed by atoms with Crippen molar-refractivity contribution in [1.29, 1.82) is 0 Å². The fraction of sp³-hybridized carbons (Fsp3) is 0.438. The lowest BCUT2D eigenvalue weighted by atomic mass is 10.1. The number of nitrogens with zero attached hydrogens (tertiary/aromatic N) is 2. The third-order valence-corrected chi connectivity index (χ3v) is 3.77. The number of halogens is 1. The zero-order valence-electron chi connectivity index (χ0n) is 12.2. The molecule has 0 aliphatic carbocycles. The smallest absolute Gasteiger partial charge is 0.0663 e. The molecule has 0 amide bonds. The number of hydrogen-bond donors (Lipinski definition) is 1. The summed E-state index contributed by atoms with van der Waals surface area (Å²) in [6.07, 6.45) is 2.83. The fourth-order valence-corrected chi connectivity index (χ4v) is 2.85. The van der Waals surface area contributed by atoms with Crippen LogP contribution in [0.3, 0.4) is 0 Å². The Morgan fingerprint density at radius 3 is 2.65 bits per heavy atom. The lowest BCUT2D eigenvalue weighted by Gasteiger charge is -2.08. The van der Waals surface area contributed by atoms with E-state index in [1.54, 1.807) is 0 Å². The van der Waals surface area contributed by atoms with Crippen LogP contribution >= 0.6 is 11.6 Å². The van der Waals surface area contributed by atoms with E-state index < -0.39 is 0 Å². The van der Waals surface area contributed by atoms with Gasteiger partial charge in [-0.1, -0.05) is 37.6 Å². The van der Waals surface area contributed by atoms with Crippen molar-refractivity contribution in [3.63, 3.8) is 0 Å². The van der Waals surface area contributed by atoms with Gasteiger partial charge in [0.1, 0.15) is 0 Å². The summed E-state index contributed by atoms with van der Waals surface area (Å²) in [4.78, 5) is 0. The Kier molecular flexibility index (Phi) is 5.21. The van der Waals surface area contributed by atoms with E-state index in [1.807, 2.05) is 18.2 Å². The highest BCUT2D eigenvalue weighted by atomic mass is 35.5. The van der Waals surface area contributed by atoms with Crippen LogP contribution in [0.25, 0.3) is 0 Å². The second kappa shape index (κ2) is 6.91. The maximum Gasteiger partial charge on any atom is 0.0663 e. The molecule has 0 bridgehead atoms. The Balaban J connectivity index is 2.36. The van der Waals surface area contributed by atoms with Crippen LogP contribution < -0.4 is 5.73 Å². The summed E-state index contributed by atoms with van der Waals surface area (Å²) in [6.45, 7) is 5.75. The normalized spacial score (nSPS) is 11.0. The number of rotatable bonds is 6. The molecule has 0 saturated carbocycles. The predicted molar refractivity (Wildman–Crippen MR) is 84.3 cm³/mol. The van der Waals surface area contributed by atoms with E-state index in [0.717, 1.165) is 30.8 Å². The summed E-state index contributed by atoms with van der Waals surface area (Å²) in [5.74, 6) is 0. The van der Waals surface area contributed by atoms with Crippen LogP contribution in [0.15, 0.2) is 24.3 Å². The van der Waals surface area contributed by atoms with Gasteiger partial charge in [0.25, 0.3) is 0 Å². The predicted octanol–water partition coefficient (Wildman–Crippen LogP) is 3.21. The van der Waals surface area contributed by atoms with E-state index in [9.17, 15) is 0 Å². The molecule has 20 heavy (non-hydrogen) atoms. The first-order valence-corrected chi connectivity index (χ1v) is 7.59. The average Bonchev–Trinajstić information content (AvgIpc) is 2.76. The Morgan fingerprint density at radius 2 is 2.05 bits per heavy atom. The summed E-state index contributed by atoms with van der Waals surface area (Å²) in [5.41, 5.74) is 10.7. The van der Waals surface area contributed by atoms with Crippen molar-refractivity contribution < 1.29 is 0 Å². The molecule has 0 fully saturated rings. The van der Waals surface area contributed by atoms with Crippen LogP contribution in [0.2, 0.25) is 5.02 Å². The molecule has 0 saturated heterocycles. The summed E-state index contributed by atoms with van der Waals surface area (Å²) in [5, 5.41) is 5.53. The van der Waals surface area contributed by atoms with Crippen molar-refractivity contribution in [1.82, 2.24) is 9.78 Å². The minimum Gasteiger partial charge on any atom is -0.330 e. The van der Waals surface area contributed by atoms with Gasteiger partial charge in [-0.05, 0) is 49.1 Å². The molecule has 2 rings (SSSR count). The molecule has 1 aromatic heterocycles. The highest BCUT2D eigenvalue weighted by Crippen LogP contribution is 2.19. The average molecular weight is 292 g/mol. The fourth-order valence-electron chi connectivity index (χ4n) is 2.64. The van der Waals surface area contributed by atoms with Gasteiger partial charge in [0.05, 0.1) is 12.2 Å². The highest BCUT2D eigenvalue weighted by Gasteiger charge is 2.14. The second-order valence-electron chi connectivity index (χ2n) is 4.91. The molecule has 1 heterocycles. The maximum atomic E-state index is 6.05. The standard InChI is InChI=1S/C16H22ClN3/c1-3-15-14(8-9-18)16(4-2)20(19-15)11-12-6-5-7-13(17)10-12/h5-7,10H,3-4,8-9,11,18H2,1-2H3. The molecule has 0 aliphatic rings. The molecule has 4 heteroatoms. The van der Waals surface area contributed by atoms with Crippen LogP contribution in [0.1, 0.15) is 36.4 Å². The van der Waals surface area contributed by atoms with E-state index >= 15 is 0 Å². The molecule has 108 valence electrons. The van der Waals surface area contributed by atoms with Gasteiger partial charge in [-0.25, -0.2) is 0 Å². The number of aromatic nitrogens is 2. The first-order valence-electron chi connectivity index (χ1n) is 7.21. The number of nitrogens with two attached hydrogens (primary N) is 1. The largest absolute Gasteiger partial charge is 0.330 e. The first-order chi connectivity index (χ1) is 9.69. The maximum absolute atomic E-state index is 6.05. The topological polar surface area (TPSA) is 43.8 Å². The van der Waals surface area contributed by atoms with Crippen molar-refractivity contribution >= 4 is 11.6 Å². The number of aryl methyl sites for hydroxylation is 1. The van der Waals surface area contributed by atoms with Gasteiger partial charge in [0, 0.05) is 10.7 Å². The Morgan fingerprint density at radius 1 is 1.25 bits per heavy atom. The first kappa shape index (κ1) is 15.1. The van der Waals surface area contributed by atoms with Gasteiger partial charge in [0.2, 0.25) is 0 Å². The quantitative estimate of drug-likeness (QED) is 0.888. The molecule has 0 radical (unpaired) electrons. The van der Waals surface area contributed by atoms with Crippen molar-refractivity contribution in [2.45, 2.75) is 39.7 Å². The monoisotopic (exact) mass is 291 g/mol. The number of hydrogen-bond acceptors (Lipinski definition) is 2. The van der Waals surface area contributed by atoms with E-state index in [-0.39, 0.29) is 0 Å². The Labute approximate surface area is 125 Å². The zero-order chi connectivity index (χ0) is 14.5. The molecule has 0 aliphatic heterocycles. The van der Waals surface area contributed by atoms with Crippen LogP contribution in [0, 0.1) is 0 Å². The molecule has 0 spiro atoms. The minimum absolute atomic E-state index is 0.670. The van der Waals surface area contributed by atoms with Crippen LogP contribution in [0.4, 0.5) is 0 Å². The molecular weight excluding hydrogens is 270 g/mol. The van der Waals surface area contributed by atoms with Gasteiger partial charge in [-0.2, -0.15) is 5.10 Å². The van der Waals surface area contributed by atoms with Gasteiger partial charge in [-0.3, -0.25) is 4.68 Å². The van der Waals surface area contributed by atoms with E-state index in [2.05, 4.69) is 24.6 Å². The zero-order valence-corrected chi connectivity index (χ0v) is 13.0. The third kappa shape index (κ3) is 3.22. The second-order valence-corrected chi connectivity index (χ2v) is 5.34. The van der Waals surface area contributed by atoms with Crippen molar-refractivity contribution in [3.05, 3.63) is 51.8 Å². The van der Waals surface area contributed by atoms with Gasteiger partial charge in [-0.15, -0.1) is 0 Å². The molecule has 2 N–H and O–H groups in total. The number of benzene rings is 1. The van der Waals surface area contributed by atoms with E-state index in [1.165, 1.54) is 22.5 Å². The van der Waals surface area contributed by atoms with Crippen molar-refractivity contribution in [3.8, 4) is 0 Å². The molecule has 2 aromatic rings. The molecule has 0 atom stereocenters. The van der Waals surface area contributed by atoms with Gasteiger partial charge in [0.15, 0.2) is 0 Å². The van der Waals surface area contributed by atoms with Crippen LogP contribution in [-0.4, -0.2) is 16.3 Å². The Bertz CT molecular complexity index is 575. The van der Waals surface area contributed by atoms with E-state index in [4.69, 9.17) is 22.4 Å². The summed E-state index contributed by atoms with van der Waals surface area (Å²) < 4.78 is 2.11. The summed E-state index contributed by atoms with van der Waals surface area (Å²) >= 11 is 6.05. The van der Waals surface area contributed by atoms with Crippen LogP contribution in [0.5, 0.6) is 0 Å². The van der Waals surface area contributed by atoms with Crippen LogP contribution in [-0.2, 0) is 25.8 Å². The summed E-state index contributed by atoms with van der Waals surface area (Å²) in [6, 6.07) is 7.96. The van der Waals surface area contributed by atoms with Gasteiger partial charge < -0.3 is 5.73 Å². The molecule has 0 unspecified atom stereocenters. The van der Waals surface area contributed by atoms with Crippen molar-refractivity contribution in [2.24, 2.45) is 5.73 Å². The van der Waals surface area contributed by atoms with Crippen molar-refractivity contribution in [2.75, 3.05) is 6.54 Å². The lowest BCUT2D eigenvalue weighted by Crippen LogP contribution is -2.09. The highest BCUT2D eigenvalue weighted by molar-refractivity contribution is 6.30. The summed E-state index contributed by atoms with van der Waals surface area (Å²) in [7, 11) is 0. The molecule has 1 aromatic carbocycles. The molecular formula is C16H22ClN3. The minimum atomic E-state index is 0.670. The molecule has 3 nitrogen and oxygen atoms in total. The Hall–Kier alpha value is -1.32.